The number of aliphatic hydroxyl groups excluding tert-OH is 1. The molecule has 0 aliphatic carbocycles. The number of nitrogens with zero attached hydrogens (tertiary/aromatic N) is 1. The third-order valence-electron chi connectivity index (χ3n) is 2.41. The summed E-state index contributed by atoms with van der Waals surface area (Å²) in [7, 11) is 1.89. The second-order valence-electron chi connectivity index (χ2n) is 3.60. The first-order valence-corrected chi connectivity index (χ1v) is 4.69. The highest BCUT2D eigenvalue weighted by atomic mass is 19.1. The molecule has 0 aliphatic heterocycles. The Kier molecular flexibility index (Phi) is 3.47. The van der Waals surface area contributed by atoms with Crippen LogP contribution in [0.3, 0.4) is 0 Å². The van der Waals surface area contributed by atoms with Crippen molar-refractivity contribution in [1.29, 1.82) is 0 Å². The minimum atomic E-state index is -0.350. The van der Waals surface area contributed by atoms with Crippen molar-refractivity contribution < 1.29 is 9.50 Å². The summed E-state index contributed by atoms with van der Waals surface area (Å²) in [6.45, 7) is 3.77. The molecule has 1 rings (SSSR count). The number of hydrogen-bond donors (Lipinski definition) is 1. The molecule has 0 saturated heterocycles. The lowest BCUT2D eigenvalue weighted by molar-refractivity contribution is 0.276. The Bertz CT molecular complexity index is 312. The van der Waals surface area contributed by atoms with Crippen molar-refractivity contribution >= 4 is 5.69 Å². The van der Waals surface area contributed by atoms with E-state index in [1.54, 1.807) is 6.07 Å². The Morgan fingerprint density at radius 2 is 2.07 bits per heavy atom. The number of rotatable bonds is 3. The summed E-state index contributed by atoms with van der Waals surface area (Å²) in [5.74, 6) is -0.350. The van der Waals surface area contributed by atoms with E-state index in [9.17, 15) is 4.39 Å². The molecule has 0 spiro atoms. The van der Waals surface area contributed by atoms with Gasteiger partial charge in [0, 0.05) is 24.3 Å². The highest BCUT2D eigenvalue weighted by molar-refractivity contribution is 5.53. The minimum Gasteiger partial charge on any atom is -0.391 e. The molecular formula is C11H16FNO. The molecular weight excluding hydrogens is 181 g/mol. The standard InChI is InChI=1S/C11H16FNO/c1-8(2)13(3)11-6-4-5-10(12)9(11)7-14/h4-6,8,14H,7H2,1-3H3. The number of aliphatic hydroxyl groups is 1. The molecule has 1 N–H and O–H groups in total. The third kappa shape index (κ3) is 2.04. The van der Waals surface area contributed by atoms with E-state index in [1.165, 1.54) is 6.07 Å². The Hall–Kier alpha value is -1.09. The van der Waals surface area contributed by atoms with Gasteiger partial charge in [0.15, 0.2) is 0 Å². The first kappa shape index (κ1) is 11.0. The topological polar surface area (TPSA) is 23.5 Å². The molecule has 2 nitrogen and oxygen atoms in total. The van der Waals surface area contributed by atoms with Crippen molar-refractivity contribution in [3.63, 3.8) is 0 Å². The fraction of sp³-hybridized carbons (Fsp3) is 0.455. The zero-order valence-electron chi connectivity index (χ0n) is 8.79. The quantitative estimate of drug-likeness (QED) is 0.802. The van der Waals surface area contributed by atoms with Gasteiger partial charge in [-0.3, -0.25) is 0 Å². The van der Waals surface area contributed by atoms with E-state index in [4.69, 9.17) is 5.11 Å². The van der Waals surface area contributed by atoms with Gasteiger partial charge in [-0.25, -0.2) is 4.39 Å². The summed E-state index contributed by atoms with van der Waals surface area (Å²) >= 11 is 0. The summed E-state index contributed by atoms with van der Waals surface area (Å²) in [4.78, 5) is 1.94. The third-order valence-corrected chi connectivity index (χ3v) is 2.41. The molecule has 78 valence electrons. The second-order valence-corrected chi connectivity index (χ2v) is 3.60. The highest BCUT2D eigenvalue weighted by Gasteiger charge is 2.12. The van der Waals surface area contributed by atoms with Crippen LogP contribution >= 0.6 is 0 Å². The van der Waals surface area contributed by atoms with E-state index >= 15 is 0 Å². The maximum Gasteiger partial charge on any atom is 0.130 e. The van der Waals surface area contributed by atoms with Crippen molar-refractivity contribution in [3.05, 3.63) is 29.6 Å². The molecule has 0 bridgehead atoms. The first-order valence-electron chi connectivity index (χ1n) is 4.69. The van der Waals surface area contributed by atoms with Gasteiger partial charge in [0.1, 0.15) is 5.82 Å². The van der Waals surface area contributed by atoms with Gasteiger partial charge in [-0.1, -0.05) is 6.07 Å². The van der Waals surface area contributed by atoms with Gasteiger partial charge in [-0.15, -0.1) is 0 Å². The van der Waals surface area contributed by atoms with E-state index in [0.717, 1.165) is 5.69 Å². The first-order chi connectivity index (χ1) is 6.57. The normalized spacial score (nSPS) is 10.7. The molecule has 0 heterocycles. The van der Waals surface area contributed by atoms with Crippen LogP contribution in [-0.2, 0) is 6.61 Å². The molecule has 0 fully saturated rings. The molecule has 0 aliphatic rings. The van der Waals surface area contributed by atoms with Crippen LogP contribution in [0.4, 0.5) is 10.1 Å². The predicted octanol–water partition coefficient (Wildman–Crippen LogP) is 2.16. The molecule has 0 radical (unpaired) electrons. The van der Waals surface area contributed by atoms with Crippen molar-refractivity contribution in [2.75, 3.05) is 11.9 Å². The lowest BCUT2D eigenvalue weighted by atomic mass is 10.1. The van der Waals surface area contributed by atoms with Crippen LogP contribution in [0.15, 0.2) is 18.2 Å². The van der Waals surface area contributed by atoms with Crippen LogP contribution in [0.1, 0.15) is 19.4 Å². The van der Waals surface area contributed by atoms with E-state index in [1.807, 2.05) is 31.9 Å². The van der Waals surface area contributed by atoms with E-state index < -0.39 is 0 Å². The Morgan fingerprint density at radius 1 is 1.43 bits per heavy atom. The summed E-state index contributed by atoms with van der Waals surface area (Å²) in [5, 5.41) is 9.06. The minimum absolute atomic E-state index is 0.265. The number of halogens is 1. The molecule has 0 aromatic heterocycles. The van der Waals surface area contributed by atoms with E-state index in [2.05, 4.69) is 0 Å². The molecule has 3 heteroatoms. The zero-order valence-corrected chi connectivity index (χ0v) is 8.79. The van der Waals surface area contributed by atoms with Crippen molar-refractivity contribution in [2.24, 2.45) is 0 Å². The molecule has 0 amide bonds. The smallest absolute Gasteiger partial charge is 0.130 e. The van der Waals surface area contributed by atoms with Gasteiger partial charge in [0.25, 0.3) is 0 Å². The maximum absolute atomic E-state index is 13.3. The fourth-order valence-corrected chi connectivity index (χ4v) is 1.31. The van der Waals surface area contributed by atoms with Gasteiger partial charge in [-0.2, -0.15) is 0 Å². The van der Waals surface area contributed by atoms with Crippen LogP contribution in [0.25, 0.3) is 0 Å². The fourth-order valence-electron chi connectivity index (χ4n) is 1.31. The SMILES string of the molecule is CC(C)N(C)c1cccc(F)c1CO. The molecule has 14 heavy (non-hydrogen) atoms. The van der Waals surface area contributed by atoms with Crippen molar-refractivity contribution in [3.8, 4) is 0 Å². The van der Waals surface area contributed by atoms with Crippen LogP contribution in [0, 0.1) is 5.82 Å². The van der Waals surface area contributed by atoms with Gasteiger partial charge >= 0.3 is 0 Å². The van der Waals surface area contributed by atoms with Gasteiger partial charge in [0.2, 0.25) is 0 Å². The average molecular weight is 197 g/mol. The number of benzene rings is 1. The van der Waals surface area contributed by atoms with E-state index in [-0.39, 0.29) is 18.5 Å². The summed E-state index contributed by atoms with van der Waals surface area (Å²) < 4.78 is 13.3. The molecule has 1 aromatic carbocycles. The predicted molar refractivity (Wildman–Crippen MR) is 55.9 cm³/mol. The van der Waals surface area contributed by atoms with Crippen LogP contribution in [0.5, 0.6) is 0 Å². The zero-order chi connectivity index (χ0) is 10.7. The van der Waals surface area contributed by atoms with Crippen LogP contribution < -0.4 is 4.90 Å². The van der Waals surface area contributed by atoms with Gasteiger partial charge in [0.05, 0.1) is 6.61 Å². The monoisotopic (exact) mass is 197 g/mol. The lowest BCUT2D eigenvalue weighted by Gasteiger charge is -2.26. The molecule has 1 aromatic rings. The maximum atomic E-state index is 13.3. The van der Waals surface area contributed by atoms with Gasteiger partial charge < -0.3 is 10.0 Å². The molecule has 0 saturated carbocycles. The Labute approximate surface area is 84.0 Å². The van der Waals surface area contributed by atoms with Crippen LogP contribution in [-0.4, -0.2) is 18.2 Å². The summed E-state index contributed by atoms with van der Waals surface area (Å²) in [5.41, 5.74) is 1.12. The van der Waals surface area contributed by atoms with Crippen molar-refractivity contribution in [1.82, 2.24) is 0 Å². The summed E-state index contributed by atoms with van der Waals surface area (Å²) in [6.07, 6.45) is 0. The van der Waals surface area contributed by atoms with Crippen LogP contribution in [0.2, 0.25) is 0 Å². The summed E-state index contributed by atoms with van der Waals surface area (Å²) in [6, 6.07) is 5.11. The average Bonchev–Trinajstić information content (AvgIpc) is 2.16. The Morgan fingerprint density at radius 3 is 2.57 bits per heavy atom. The second kappa shape index (κ2) is 4.42. The molecule has 0 atom stereocenters. The van der Waals surface area contributed by atoms with Crippen molar-refractivity contribution in [2.45, 2.75) is 26.5 Å². The largest absolute Gasteiger partial charge is 0.391 e. The van der Waals surface area contributed by atoms with Gasteiger partial charge in [-0.05, 0) is 26.0 Å². The van der Waals surface area contributed by atoms with E-state index in [0.29, 0.717) is 5.56 Å². The number of anilines is 1. The Balaban J connectivity index is 3.13. The highest BCUT2D eigenvalue weighted by Crippen LogP contribution is 2.23. The lowest BCUT2D eigenvalue weighted by Crippen LogP contribution is -2.27. The molecule has 0 unspecified atom stereocenters. The number of hydrogen-bond acceptors (Lipinski definition) is 2.